The summed E-state index contributed by atoms with van der Waals surface area (Å²) in [5.41, 5.74) is -0.343. The van der Waals surface area contributed by atoms with Gasteiger partial charge in [0, 0.05) is 55.8 Å². The summed E-state index contributed by atoms with van der Waals surface area (Å²) in [4.78, 5) is 46.2. The number of piperidine rings is 1. The van der Waals surface area contributed by atoms with Gasteiger partial charge in [-0.25, -0.2) is 19.9 Å². The van der Waals surface area contributed by atoms with Crippen molar-refractivity contribution in [2.45, 2.75) is 101 Å². The highest BCUT2D eigenvalue weighted by molar-refractivity contribution is 5.95. The van der Waals surface area contributed by atoms with Crippen LogP contribution in [-0.4, -0.2) is 75.8 Å². The number of hydrogen-bond acceptors (Lipinski definition) is 10. The van der Waals surface area contributed by atoms with Crippen LogP contribution in [0.1, 0.15) is 98.7 Å². The number of fused-ring (bicyclic) bond motifs is 4. The van der Waals surface area contributed by atoms with Crippen LogP contribution in [-0.2, 0) is 16.4 Å². The van der Waals surface area contributed by atoms with Crippen LogP contribution in [0.5, 0.6) is 11.6 Å². The standard InChI is InChI=1S/C39H46F3N7O5/c1-53-33-21-43-32(20-44-33)48-11-7-27(8-12-48)54-28-5-6-31-30(18-28)38(9-3-2-4-10-38)22-49(31)37-45-19-29(34(47-37)39(40,41)42)35(50)46-26-16-23-13-24(17-26)15-25(14-23)36(51)52/h5-6,18-21,23-27H,2-4,7-17,22H2,1H3,(H,46,50)(H,51,52). The number of benzene rings is 1. The number of ether oxygens (including phenoxy) is 2. The molecule has 2 atom stereocenters. The topological polar surface area (TPSA) is 143 Å². The van der Waals surface area contributed by atoms with Gasteiger partial charge in [-0.15, -0.1) is 0 Å². The van der Waals surface area contributed by atoms with E-state index in [0.29, 0.717) is 38.1 Å². The Morgan fingerprint density at radius 1 is 0.944 bits per heavy atom. The molecule has 15 heteroatoms. The molecular weight excluding hydrogens is 703 g/mol. The van der Waals surface area contributed by atoms with Crippen LogP contribution in [0.25, 0.3) is 0 Å². The summed E-state index contributed by atoms with van der Waals surface area (Å²) in [5, 5.41) is 12.3. The molecular formula is C39H46F3N7O5. The number of methoxy groups -OCH3 is 1. The lowest BCUT2D eigenvalue weighted by Crippen LogP contribution is -2.44. The molecule has 2 N–H and O–H groups in total. The number of aromatic nitrogens is 4. The van der Waals surface area contributed by atoms with Crippen molar-refractivity contribution in [2.75, 3.05) is 36.5 Å². The number of rotatable bonds is 8. The summed E-state index contributed by atoms with van der Waals surface area (Å²) >= 11 is 0. The lowest BCUT2D eigenvalue weighted by molar-refractivity contribution is -0.144. The van der Waals surface area contributed by atoms with Crippen LogP contribution in [0.2, 0.25) is 0 Å². The van der Waals surface area contributed by atoms with Gasteiger partial charge >= 0.3 is 12.1 Å². The Kier molecular flexibility index (Phi) is 9.76. The summed E-state index contributed by atoms with van der Waals surface area (Å²) in [5.74, 6) is 0.0658. The van der Waals surface area contributed by atoms with Crippen molar-refractivity contribution in [3.8, 4) is 11.6 Å². The van der Waals surface area contributed by atoms with Gasteiger partial charge in [0.05, 0.1) is 31.0 Å². The van der Waals surface area contributed by atoms with E-state index in [1.165, 1.54) is 0 Å². The largest absolute Gasteiger partial charge is 0.490 e. The third kappa shape index (κ3) is 7.25. The van der Waals surface area contributed by atoms with Crippen LogP contribution >= 0.6 is 0 Å². The number of carboxylic acids is 1. The first-order valence-electron chi connectivity index (χ1n) is 19.2. The number of carboxylic acid groups (broad SMARTS) is 1. The highest BCUT2D eigenvalue weighted by Crippen LogP contribution is 2.52. The second-order valence-corrected chi connectivity index (χ2v) is 15.9. The fourth-order valence-corrected chi connectivity index (χ4v) is 9.85. The van der Waals surface area contributed by atoms with Gasteiger partial charge in [-0.3, -0.25) is 9.59 Å². The molecule has 288 valence electrons. The maximum atomic E-state index is 14.7. The molecule has 1 aromatic carbocycles. The molecule has 0 radical (unpaired) electrons. The molecule has 3 aliphatic carbocycles. The molecule has 1 saturated heterocycles. The molecule has 54 heavy (non-hydrogen) atoms. The van der Waals surface area contributed by atoms with Crippen LogP contribution in [0.15, 0.2) is 36.8 Å². The van der Waals surface area contributed by atoms with E-state index in [1.54, 1.807) is 24.4 Å². The molecule has 8 rings (SSSR count). The fourth-order valence-electron chi connectivity index (χ4n) is 9.85. The minimum Gasteiger partial charge on any atom is -0.490 e. The lowest BCUT2D eigenvalue weighted by atomic mass is 9.66. The fraction of sp³-hybridized carbons (Fsp3) is 0.590. The van der Waals surface area contributed by atoms with Gasteiger partial charge in [-0.2, -0.15) is 13.2 Å². The zero-order valence-corrected chi connectivity index (χ0v) is 30.4. The third-order valence-corrected chi connectivity index (χ3v) is 12.3. The van der Waals surface area contributed by atoms with E-state index in [9.17, 15) is 27.9 Å². The van der Waals surface area contributed by atoms with Gasteiger partial charge in [0.2, 0.25) is 11.8 Å². The van der Waals surface area contributed by atoms with Crippen molar-refractivity contribution < 1.29 is 37.3 Å². The van der Waals surface area contributed by atoms with Crippen molar-refractivity contribution in [3.05, 3.63) is 53.6 Å². The Hall–Kier alpha value is -4.69. The minimum atomic E-state index is -4.89. The molecule has 5 aliphatic rings. The van der Waals surface area contributed by atoms with Gasteiger partial charge in [-0.05, 0) is 80.5 Å². The number of nitrogens with one attached hydrogen (secondary N) is 1. The molecule has 1 spiro atoms. The minimum absolute atomic E-state index is 0.00318. The molecule has 12 nitrogen and oxygen atoms in total. The molecule has 3 aromatic rings. The maximum absolute atomic E-state index is 14.7. The predicted octanol–water partition coefficient (Wildman–Crippen LogP) is 6.70. The first kappa shape index (κ1) is 36.3. The van der Waals surface area contributed by atoms with Crippen molar-refractivity contribution in [1.29, 1.82) is 0 Å². The average Bonchev–Trinajstić information content (AvgIpc) is 3.46. The monoisotopic (exact) mass is 749 g/mol. The molecule has 2 aromatic heterocycles. The van der Waals surface area contributed by atoms with Crippen LogP contribution in [0, 0.1) is 17.8 Å². The molecule has 1 amide bonds. The molecule has 2 aliphatic heterocycles. The smallest absolute Gasteiger partial charge is 0.434 e. The van der Waals surface area contributed by atoms with E-state index in [0.717, 1.165) is 93.5 Å². The highest BCUT2D eigenvalue weighted by atomic mass is 19.4. The normalized spacial score (nSPS) is 25.3. The van der Waals surface area contributed by atoms with Crippen molar-refractivity contribution in [3.63, 3.8) is 0 Å². The second kappa shape index (κ2) is 14.5. The van der Waals surface area contributed by atoms with E-state index >= 15 is 0 Å². The first-order chi connectivity index (χ1) is 26.0. The van der Waals surface area contributed by atoms with Gasteiger partial charge < -0.3 is 29.7 Å². The summed E-state index contributed by atoms with van der Waals surface area (Å²) in [7, 11) is 1.56. The molecule has 3 saturated carbocycles. The lowest BCUT2D eigenvalue weighted by Gasteiger charge is -2.41. The Balaban J connectivity index is 0.996. The van der Waals surface area contributed by atoms with Crippen molar-refractivity contribution in [1.82, 2.24) is 25.3 Å². The number of carbonyl (C=O) groups excluding carboxylic acids is 1. The zero-order valence-electron chi connectivity index (χ0n) is 30.4. The van der Waals surface area contributed by atoms with Crippen LogP contribution in [0.3, 0.4) is 0 Å². The van der Waals surface area contributed by atoms with Crippen LogP contribution in [0.4, 0.5) is 30.6 Å². The highest BCUT2D eigenvalue weighted by Gasteiger charge is 2.47. The Morgan fingerprint density at radius 2 is 1.69 bits per heavy atom. The molecule has 4 heterocycles. The van der Waals surface area contributed by atoms with Gasteiger partial charge in [-0.1, -0.05) is 19.3 Å². The molecule has 2 unspecified atom stereocenters. The SMILES string of the molecule is COc1cnc(N2CCC(Oc3ccc4c(c3)C3(CCCCC3)CN4c3ncc(C(=O)NC4CC5CC(C4)CC(C(=O)O)C5)c(C(F)(F)F)n3)CC2)cn1. The number of anilines is 3. The number of halogens is 3. The number of amides is 1. The van der Waals surface area contributed by atoms with Gasteiger partial charge in [0.25, 0.3) is 5.91 Å². The maximum Gasteiger partial charge on any atom is 0.434 e. The summed E-state index contributed by atoms with van der Waals surface area (Å²) < 4.78 is 55.6. The Bertz CT molecular complexity index is 1850. The number of aliphatic carboxylic acids is 1. The second-order valence-electron chi connectivity index (χ2n) is 15.9. The number of hydrogen-bond donors (Lipinski definition) is 2. The predicted molar refractivity (Wildman–Crippen MR) is 192 cm³/mol. The zero-order chi connectivity index (χ0) is 37.6. The number of alkyl halides is 3. The van der Waals surface area contributed by atoms with Gasteiger partial charge in [0.15, 0.2) is 5.69 Å². The van der Waals surface area contributed by atoms with Crippen molar-refractivity contribution in [2.24, 2.45) is 17.8 Å². The average molecular weight is 750 g/mol. The van der Waals surface area contributed by atoms with Crippen molar-refractivity contribution >= 4 is 29.3 Å². The van der Waals surface area contributed by atoms with E-state index in [2.05, 4.69) is 36.2 Å². The van der Waals surface area contributed by atoms with E-state index in [-0.39, 0.29) is 35.3 Å². The Morgan fingerprint density at radius 3 is 2.33 bits per heavy atom. The van der Waals surface area contributed by atoms with Gasteiger partial charge in [0.1, 0.15) is 17.7 Å². The Labute approximate surface area is 311 Å². The van der Waals surface area contributed by atoms with E-state index in [4.69, 9.17) is 9.47 Å². The van der Waals surface area contributed by atoms with E-state index < -0.39 is 35.2 Å². The van der Waals surface area contributed by atoms with E-state index in [1.807, 2.05) is 12.1 Å². The first-order valence-corrected chi connectivity index (χ1v) is 19.2. The number of carbonyl (C=O) groups is 2. The third-order valence-electron chi connectivity index (χ3n) is 12.3. The summed E-state index contributed by atoms with van der Waals surface area (Å²) in [6.07, 6.45) is 8.96. The quantitative estimate of drug-likeness (QED) is 0.254. The molecule has 2 bridgehead atoms. The molecule has 4 fully saturated rings. The summed E-state index contributed by atoms with van der Waals surface area (Å²) in [6.45, 7) is 1.96. The summed E-state index contributed by atoms with van der Waals surface area (Å²) in [6, 6.07) is 5.51. The van der Waals surface area contributed by atoms with Crippen LogP contribution < -0.4 is 24.6 Å². The number of nitrogens with zero attached hydrogens (tertiary/aromatic N) is 6.